The van der Waals surface area contributed by atoms with Crippen LogP contribution in [0, 0.1) is 0 Å². The van der Waals surface area contributed by atoms with E-state index < -0.39 is 0 Å². The summed E-state index contributed by atoms with van der Waals surface area (Å²) in [6, 6.07) is 16.0. The summed E-state index contributed by atoms with van der Waals surface area (Å²) in [5.74, 6) is 0.492. The molecule has 0 unspecified atom stereocenters. The van der Waals surface area contributed by atoms with E-state index in [0.717, 1.165) is 36.8 Å². The second-order valence-corrected chi connectivity index (χ2v) is 9.33. The molecule has 1 saturated carbocycles. The Morgan fingerprint density at radius 1 is 1.06 bits per heavy atom. The van der Waals surface area contributed by atoms with Gasteiger partial charge in [0, 0.05) is 6.04 Å². The monoisotopic (exact) mass is 454 g/mol. The minimum atomic E-state index is -0.214. The fourth-order valence-electron chi connectivity index (χ4n) is 4.58. The number of amides is 1. The molecule has 1 amide bonds. The van der Waals surface area contributed by atoms with E-state index in [1.165, 1.54) is 16.7 Å². The molecule has 0 bridgehead atoms. The Morgan fingerprint density at radius 2 is 1.74 bits per heavy atom. The summed E-state index contributed by atoms with van der Waals surface area (Å²) in [5.41, 5.74) is 11.4. The summed E-state index contributed by atoms with van der Waals surface area (Å²) in [6.07, 6.45) is 7.20. The quantitative estimate of drug-likeness (QED) is 0.403. The molecule has 174 valence electrons. The van der Waals surface area contributed by atoms with E-state index in [1.54, 1.807) is 6.21 Å². The van der Waals surface area contributed by atoms with Crippen molar-refractivity contribution in [2.24, 2.45) is 5.10 Å². The van der Waals surface area contributed by atoms with Gasteiger partial charge in [-0.3, -0.25) is 4.79 Å². The van der Waals surface area contributed by atoms with Gasteiger partial charge < -0.3 is 11.1 Å². The van der Waals surface area contributed by atoms with Crippen molar-refractivity contribution >= 4 is 40.1 Å². The first-order valence-electron chi connectivity index (χ1n) is 12.0. The number of nitrogens with zero attached hydrogens (tertiary/aromatic N) is 4. The van der Waals surface area contributed by atoms with Gasteiger partial charge in [0.1, 0.15) is 16.9 Å². The lowest BCUT2D eigenvalue weighted by Gasteiger charge is -2.22. The van der Waals surface area contributed by atoms with Crippen LogP contribution < -0.4 is 11.1 Å². The van der Waals surface area contributed by atoms with Crippen LogP contribution in [-0.4, -0.2) is 32.8 Å². The maximum Gasteiger partial charge on any atom is 0.257 e. The van der Waals surface area contributed by atoms with Crippen molar-refractivity contribution in [3.8, 4) is 0 Å². The lowest BCUT2D eigenvalue weighted by Crippen LogP contribution is -2.36. The van der Waals surface area contributed by atoms with E-state index in [1.807, 2.05) is 36.4 Å². The highest BCUT2D eigenvalue weighted by molar-refractivity contribution is 6.10. The summed E-state index contributed by atoms with van der Waals surface area (Å²) in [4.78, 5) is 22.9. The van der Waals surface area contributed by atoms with Crippen molar-refractivity contribution in [3.05, 3.63) is 65.2 Å². The zero-order valence-corrected chi connectivity index (χ0v) is 19.7. The third-order valence-corrected chi connectivity index (χ3v) is 6.57. The Morgan fingerprint density at radius 3 is 2.41 bits per heavy atom. The topological polar surface area (TPSA) is 98.2 Å². The molecular formula is C27H30N6O. The molecule has 7 heteroatoms. The Kier molecular flexibility index (Phi) is 6.01. The summed E-state index contributed by atoms with van der Waals surface area (Å²) in [6.45, 7) is 4.33. The summed E-state index contributed by atoms with van der Waals surface area (Å²) >= 11 is 0. The molecule has 0 spiro atoms. The molecule has 0 saturated heterocycles. The second kappa shape index (κ2) is 9.25. The van der Waals surface area contributed by atoms with Gasteiger partial charge in [-0.2, -0.15) is 9.78 Å². The zero-order chi connectivity index (χ0) is 23.7. The largest absolute Gasteiger partial charge is 0.383 e. The molecule has 2 aromatic carbocycles. The number of rotatable bonds is 5. The molecule has 1 aliphatic rings. The first kappa shape index (κ1) is 22.1. The highest BCUT2D eigenvalue weighted by Gasteiger charge is 2.26. The Labute approximate surface area is 199 Å². The van der Waals surface area contributed by atoms with Gasteiger partial charge in [-0.25, -0.2) is 9.97 Å². The zero-order valence-electron chi connectivity index (χ0n) is 19.7. The molecule has 0 aliphatic heterocycles. The maximum atomic E-state index is 13.3. The van der Waals surface area contributed by atoms with Gasteiger partial charge in [0.2, 0.25) is 0 Å². The summed E-state index contributed by atoms with van der Waals surface area (Å²) in [7, 11) is 0. The third-order valence-electron chi connectivity index (χ3n) is 6.57. The average Bonchev–Trinajstić information content (AvgIpc) is 3.12. The smallest absolute Gasteiger partial charge is 0.257 e. The predicted octanol–water partition coefficient (Wildman–Crippen LogP) is 5.23. The lowest BCUT2D eigenvalue weighted by atomic mass is 9.95. The molecule has 3 N–H and O–H groups in total. The molecule has 1 aliphatic carbocycles. The maximum absolute atomic E-state index is 13.3. The minimum Gasteiger partial charge on any atom is -0.383 e. The fraction of sp³-hybridized carbons (Fsp3) is 0.333. The molecule has 34 heavy (non-hydrogen) atoms. The number of fused-ring (bicyclic) bond motifs is 2. The first-order valence-corrected chi connectivity index (χ1v) is 12.0. The number of anilines is 1. The van der Waals surface area contributed by atoms with Gasteiger partial charge in [0.15, 0.2) is 5.65 Å². The van der Waals surface area contributed by atoms with Crippen molar-refractivity contribution in [3.63, 3.8) is 0 Å². The molecule has 7 nitrogen and oxygen atoms in total. The molecule has 2 heterocycles. The van der Waals surface area contributed by atoms with Gasteiger partial charge in [-0.1, -0.05) is 69.5 Å². The van der Waals surface area contributed by atoms with Crippen molar-refractivity contribution in [1.29, 1.82) is 0 Å². The van der Waals surface area contributed by atoms with E-state index in [2.05, 4.69) is 36.4 Å². The van der Waals surface area contributed by atoms with Crippen LogP contribution in [0.25, 0.3) is 22.2 Å². The van der Waals surface area contributed by atoms with Crippen molar-refractivity contribution in [2.75, 3.05) is 5.73 Å². The number of hydrogen-bond acceptors (Lipinski definition) is 5. The standard InChI is InChI=1S/C27H30N6O/c1-17(2)19-14-12-18(13-15-19)16-29-33-25(28)23(27(34)30-20-8-4-3-5-9-20)24-26(33)32-22-11-7-6-10-21(22)31-24/h6-7,10-17,20H,3-5,8-9,28H2,1-2H3,(H,30,34). The van der Waals surface area contributed by atoms with E-state index in [0.29, 0.717) is 28.2 Å². The second-order valence-electron chi connectivity index (χ2n) is 9.33. The number of benzene rings is 2. The first-order chi connectivity index (χ1) is 16.5. The van der Waals surface area contributed by atoms with Crippen LogP contribution in [0.3, 0.4) is 0 Å². The van der Waals surface area contributed by atoms with Crippen LogP contribution in [0.4, 0.5) is 5.82 Å². The van der Waals surface area contributed by atoms with Gasteiger partial charge in [-0.15, -0.1) is 0 Å². The number of carbonyl (C=O) groups excluding carboxylic acids is 1. The van der Waals surface area contributed by atoms with Crippen LogP contribution in [0.1, 0.15) is 73.4 Å². The fourth-order valence-corrected chi connectivity index (χ4v) is 4.58. The normalized spacial score (nSPS) is 15.0. The van der Waals surface area contributed by atoms with Gasteiger partial charge >= 0.3 is 0 Å². The van der Waals surface area contributed by atoms with Crippen LogP contribution in [-0.2, 0) is 0 Å². The molecule has 1 fully saturated rings. The van der Waals surface area contributed by atoms with E-state index in [4.69, 9.17) is 15.7 Å². The molecular weight excluding hydrogens is 424 g/mol. The number of nitrogens with one attached hydrogen (secondary N) is 1. The Hall–Kier alpha value is -3.74. The lowest BCUT2D eigenvalue weighted by molar-refractivity contribution is 0.0930. The van der Waals surface area contributed by atoms with Crippen LogP contribution in [0.2, 0.25) is 0 Å². The SMILES string of the molecule is CC(C)c1ccc(C=Nn2c(N)c(C(=O)NC3CCCCC3)c3nc4ccccc4nc32)cc1. The van der Waals surface area contributed by atoms with Gasteiger partial charge in [0.25, 0.3) is 5.91 Å². The van der Waals surface area contributed by atoms with Crippen molar-refractivity contribution < 1.29 is 4.79 Å². The van der Waals surface area contributed by atoms with E-state index in [-0.39, 0.29) is 17.8 Å². The number of nitrogens with two attached hydrogens (primary N) is 1. The van der Waals surface area contributed by atoms with Crippen LogP contribution in [0.5, 0.6) is 0 Å². The number of para-hydroxylation sites is 2. The van der Waals surface area contributed by atoms with Gasteiger partial charge in [0.05, 0.1) is 17.2 Å². The minimum absolute atomic E-state index is 0.162. The van der Waals surface area contributed by atoms with Crippen LogP contribution >= 0.6 is 0 Å². The molecule has 4 aromatic rings. The number of carbonyl (C=O) groups is 1. The van der Waals surface area contributed by atoms with Gasteiger partial charge in [-0.05, 0) is 42.0 Å². The predicted molar refractivity (Wildman–Crippen MR) is 137 cm³/mol. The summed E-state index contributed by atoms with van der Waals surface area (Å²) in [5, 5.41) is 7.79. The Bertz CT molecular complexity index is 1360. The highest BCUT2D eigenvalue weighted by atomic mass is 16.1. The molecule has 0 radical (unpaired) electrons. The Balaban J connectivity index is 1.58. The number of hydrogen-bond donors (Lipinski definition) is 2. The highest BCUT2D eigenvalue weighted by Crippen LogP contribution is 2.28. The number of aromatic nitrogens is 3. The number of nitrogen functional groups attached to an aromatic ring is 1. The third kappa shape index (κ3) is 4.25. The molecule has 5 rings (SSSR count). The van der Waals surface area contributed by atoms with E-state index in [9.17, 15) is 4.79 Å². The molecule has 2 aromatic heterocycles. The van der Waals surface area contributed by atoms with Crippen molar-refractivity contribution in [2.45, 2.75) is 57.9 Å². The molecule has 0 atom stereocenters. The van der Waals surface area contributed by atoms with Crippen LogP contribution in [0.15, 0.2) is 53.6 Å². The van der Waals surface area contributed by atoms with Crippen molar-refractivity contribution in [1.82, 2.24) is 20.0 Å². The average molecular weight is 455 g/mol. The van der Waals surface area contributed by atoms with E-state index >= 15 is 0 Å². The summed E-state index contributed by atoms with van der Waals surface area (Å²) < 4.78 is 1.53.